The Morgan fingerprint density at radius 2 is 1.96 bits per heavy atom. The van der Waals surface area contributed by atoms with E-state index in [0.717, 1.165) is 0 Å². The molecule has 0 aliphatic heterocycles. The number of carbonyl (C=O) groups excluding carboxylic acids is 1. The number of nitro benzene ring substituents is 1. The minimum atomic E-state index is -2.97. The SMILES string of the molecule is O=C(Nc1cccc(OC(F)F)c1)c1ccn(-c2cccc([N+](=O)[O-])c2)n1. The summed E-state index contributed by atoms with van der Waals surface area (Å²) < 4.78 is 30.1. The molecular weight excluding hydrogens is 362 g/mol. The van der Waals surface area contributed by atoms with Crippen LogP contribution in [0.2, 0.25) is 0 Å². The first-order chi connectivity index (χ1) is 12.9. The summed E-state index contributed by atoms with van der Waals surface area (Å²) in [6.45, 7) is -2.97. The van der Waals surface area contributed by atoms with E-state index in [1.54, 1.807) is 6.07 Å². The van der Waals surface area contributed by atoms with Crippen LogP contribution < -0.4 is 10.1 Å². The summed E-state index contributed by atoms with van der Waals surface area (Å²) in [6, 6.07) is 12.7. The number of nitrogens with one attached hydrogen (secondary N) is 1. The average molecular weight is 374 g/mol. The summed E-state index contributed by atoms with van der Waals surface area (Å²) in [6.07, 6.45) is 1.48. The van der Waals surface area contributed by atoms with Gasteiger partial charge in [0.15, 0.2) is 5.69 Å². The molecule has 27 heavy (non-hydrogen) atoms. The second kappa shape index (κ2) is 7.60. The molecule has 10 heteroatoms. The van der Waals surface area contributed by atoms with Gasteiger partial charge in [0.05, 0.1) is 10.6 Å². The number of nitrogens with zero attached hydrogens (tertiary/aromatic N) is 3. The van der Waals surface area contributed by atoms with Crippen molar-refractivity contribution in [3.8, 4) is 11.4 Å². The van der Waals surface area contributed by atoms with Crippen LogP contribution in [0, 0.1) is 10.1 Å². The number of anilines is 1. The lowest BCUT2D eigenvalue weighted by Crippen LogP contribution is -2.13. The van der Waals surface area contributed by atoms with E-state index in [-0.39, 0.29) is 22.8 Å². The quantitative estimate of drug-likeness (QED) is 0.525. The number of rotatable bonds is 6. The first-order valence-corrected chi connectivity index (χ1v) is 7.59. The van der Waals surface area contributed by atoms with E-state index < -0.39 is 17.4 Å². The van der Waals surface area contributed by atoms with Gasteiger partial charge in [0.25, 0.3) is 11.6 Å². The third-order valence-electron chi connectivity index (χ3n) is 3.44. The van der Waals surface area contributed by atoms with Crippen LogP contribution in [0.15, 0.2) is 60.8 Å². The lowest BCUT2D eigenvalue weighted by Gasteiger charge is -2.07. The van der Waals surface area contributed by atoms with Gasteiger partial charge in [0, 0.05) is 30.1 Å². The molecule has 1 heterocycles. The van der Waals surface area contributed by atoms with Crippen molar-refractivity contribution >= 4 is 17.3 Å². The molecule has 3 rings (SSSR count). The van der Waals surface area contributed by atoms with E-state index in [0.29, 0.717) is 5.69 Å². The van der Waals surface area contributed by atoms with Crippen LogP contribution in [0.3, 0.4) is 0 Å². The molecule has 1 N–H and O–H groups in total. The number of non-ortho nitro benzene ring substituents is 1. The highest BCUT2D eigenvalue weighted by atomic mass is 19.3. The lowest BCUT2D eigenvalue weighted by molar-refractivity contribution is -0.384. The molecule has 138 valence electrons. The van der Waals surface area contributed by atoms with E-state index in [1.807, 2.05) is 0 Å². The molecular formula is C17H12F2N4O4. The van der Waals surface area contributed by atoms with Crippen molar-refractivity contribution in [1.82, 2.24) is 9.78 Å². The maximum absolute atomic E-state index is 12.3. The molecule has 0 radical (unpaired) electrons. The maximum atomic E-state index is 12.3. The molecule has 0 atom stereocenters. The highest BCUT2D eigenvalue weighted by Gasteiger charge is 2.13. The second-order valence-corrected chi connectivity index (χ2v) is 5.28. The first kappa shape index (κ1) is 18.0. The predicted octanol–water partition coefficient (Wildman–Crippen LogP) is 3.63. The number of benzene rings is 2. The molecule has 1 amide bonds. The van der Waals surface area contributed by atoms with Crippen molar-refractivity contribution < 1.29 is 23.2 Å². The van der Waals surface area contributed by atoms with E-state index >= 15 is 0 Å². The van der Waals surface area contributed by atoms with E-state index in [9.17, 15) is 23.7 Å². The highest BCUT2D eigenvalue weighted by molar-refractivity contribution is 6.02. The number of hydrogen-bond donors (Lipinski definition) is 1. The minimum absolute atomic E-state index is 0.0432. The molecule has 0 saturated carbocycles. The van der Waals surface area contributed by atoms with Gasteiger partial charge in [-0.1, -0.05) is 12.1 Å². The number of hydrogen-bond acceptors (Lipinski definition) is 5. The fourth-order valence-corrected chi connectivity index (χ4v) is 2.28. The van der Waals surface area contributed by atoms with Crippen LogP contribution in [0.5, 0.6) is 5.75 Å². The van der Waals surface area contributed by atoms with Crippen LogP contribution in [0.4, 0.5) is 20.2 Å². The van der Waals surface area contributed by atoms with Crippen molar-refractivity contribution in [3.05, 3.63) is 76.6 Å². The van der Waals surface area contributed by atoms with Crippen molar-refractivity contribution in [2.45, 2.75) is 6.61 Å². The number of amides is 1. The van der Waals surface area contributed by atoms with E-state index in [1.165, 1.54) is 59.4 Å². The molecule has 2 aromatic carbocycles. The fraction of sp³-hybridized carbons (Fsp3) is 0.0588. The van der Waals surface area contributed by atoms with Crippen LogP contribution in [-0.4, -0.2) is 27.2 Å². The Kier molecular flexibility index (Phi) is 5.06. The summed E-state index contributed by atoms with van der Waals surface area (Å²) >= 11 is 0. The van der Waals surface area contributed by atoms with Gasteiger partial charge >= 0.3 is 6.61 Å². The van der Waals surface area contributed by atoms with Gasteiger partial charge in [-0.25, -0.2) is 4.68 Å². The Bertz CT molecular complexity index is 990. The van der Waals surface area contributed by atoms with Crippen molar-refractivity contribution in [3.63, 3.8) is 0 Å². The molecule has 3 aromatic rings. The van der Waals surface area contributed by atoms with E-state index in [2.05, 4.69) is 15.2 Å². The first-order valence-electron chi connectivity index (χ1n) is 7.59. The second-order valence-electron chi connectivity index (χ2n) is 5.28. The van der Waals surface area contributed by atoms with E-state index in [4.69, 9.17) is 0 Å². The van der Waals surface area contributed by atoms with Crippen LogP contribution >= 0.6 is 0 Å². The van der Waals surface area contributed by atoms with Crippen molar-refractivity contribution in [2.75, 3.05) is 5.32 Å². The zero-order valence-electron chi connectivity index (χ0n) is 13.6. The molecule has 0 aliphatic rings. The Balaban J connectivity index is 1.76. The molecule has 0 aliphatic carbocycles. The Morgan fingerprint density at radius 1 is 1.19 bits per heavy atom. The summed E-state index contributed by atoms with van der Waals surface area (Å²) in [5, 5.41) is 17.4. The number of alkyl halides is 2. The van der Waals surface area contributed by atoms with Gasteiger partial charge in [0.1, 0.15) is 5.75 Å². The minimum Gasteiger partial charge on any atom is -0.435 e. The van der Waals surface area contributed by atoms with Gasteiger partial charge in [-0.15, -0.1) is 0 Å². The third kappa shape index (κ3) is 4.42. The van der Waals surface area contributed by atoms with Crippen LogP contribution in [0.25, 0.3) is 5.69 Å². The van der Waals surface area contributed by atoms with Crippen molar-refractivity contribution in [1.29, 1.82) is 0 Å². The number of halogens is 2. The topological polar surface area (TPSA) is 99.3 Å². The third-order valence-corrected chi connectivity index (χ3v) is 3.44. The normalized spacial score (nSPS) is 10.6. The molecule has 8 nitrogen and oxygen atoms in total. The number of aromatic nitrogens is 2. The number of nitro groups is 1. The Morgan fingerprint density at radius 3 is 2.70 bits per heavy atom. The average Bonchev–Trinajstić information content (AvgIpc) is 3.12. The van der Waals surface area contributed by atoms with Gasteiger partial charge in [-0.3, -0.25) is 14.9 Å². The van der Waals surface area contributed by atoms with Crippen LogP contribution in [-0.2, 0) is 0 Å². The largest absolute Gasteiger partial charge is 0.435 e. The van der Waals surface area contributed by atoms with Gasteiger partial charge < -0.3 is 10.1 Å². The fourth-order valence-electron chi connectivity index (χ4n) is 2.28. The molecule has 0 spiro atoms. The molecule has 0 bridgehead atoms. The highest BCUT2D eigenvalue weighted by Crippen LogP contribution is 2.20. The predicted molar refractivity (Wildman–Crippen MR) is 91.2 cm³/mol. The Labute approximate surface area is 151 Å². The summed E-state index contributed by atoms with van der Waals surface area (Å²) in [4.78, 5) is 22.6. The van der Waals surface area contributed by atoms with Crippen molar-refractivity contribution in [2.24, 2.45) is 0 Å². The summed E-state index contributed by atoms with van der Waals surface area (Å²) in [5.41, 5.74) is 0.602. The zero-order chi connectivity index (χ0) is 19.4. The number of carbonyl (C=O) groups is 1. The standard InChI is InChI=1S/C17H12F2N4O4/c18-17(19)27-14-6-1-3-11(9-14)20-16(24)15-7-8-22(21-15)12-4-2-5-13(10-12)23(25)26/h1-10,17H,(H,20,24). The summed E-state index contributed by atoms with van der Waals surface area (Å²) in [5.74, 6) is -0.668. The maximum Gasteiger partial charge on any atom is 0.387 e. The molecule has 0 unspecified atom stereocenters. The van der Waals surface area contributed by atoms with Gasteiger partial charge in [-0.05, 0) is 24.3 Å². The van der Waals surface area contributed by atoms with Gasteiger partial charge in [0.2, 0.25) is 0 Å². The van der Waals surface area contributed by atoms with Gasteiger partial charge in [-0.2, -0.15) is 13.9 Å². The monoisotopic (exact) mass is 374 g/mol. The zero-order valence-corrected chi connectivity index (χ0v) is 13.6. The smallest absolute Gasteiger partial charge is 0.387 e. The molecule has 0 fully saturated rings. The lowest BCUT2D eigenvalue weighted by atomic mass is 10.3. The van der Waals surface area contributed by atoms with Crippen LogP contribution in [0.1, 0.15) is 10.5 Å². The number of ether oxygens (including phenoxy) is 1. The molecule has 1 aromatic heterocycles. The molecule has 0 saturated heterocycles. The Hall–Kier alpha value is -3.82. The summed E-state index contributed by atoms with van der Waals surface area (Å²) in [7, 11) is 0.